The van der Waals surface area contributed by atoms with E-state index in [1.807, 2.05) is 42.5 Å². The van der Waals surface area contributed by atoms with Crippen LogP contribution in [0.2, 0.25) is 0 Å². The third-order valence-corrected chi connectivity index (χ3v) is 4.53. The van der Waals surface area contributed by atoms with Gasteiger partial charge in [-0.1, -0.05) is 18.2 Å². The molecule has 0 bridgehead atoms. The minimum Gasteiger partial charge on any atom is -0.390 e. The van der Waals surface area contributed by atoms with Gasteiger partial charge in [-0.25, -0.2) is 0 Å². The molecule has 0 unspecified atom stereocenters. The minimum absolute atomic E-state index is 0.0247. The Bertz CT molecular complexity index is 930. The van der Waals surface area contributed by atoms with Crippen molar-refractivity contribution in [1.29, 1.82) is 0 Å². The van der Waals surface area contributed by atoms with Crippen molar-refractivity contribution in [1.82, 2.24) is 14.9 Å². The zero-order chi connectivity index (χ0) is 19.4. The second kappa shape index (κ2) is 7.84. The normalized spacial score (nSPS) is 11.6. The molecule has 0 atom stereocenters. The summed E-state index contributed by atoms with van der Waals surface area (Å²) in [5.74, 6) is -0.0247. The highest BCUT2D eigenvalue weighted by Crippen LogP contribution is 2.16. The fourth-order valence-corrected chi connectivity index (χ4v) is 2.94. The van der Waals surface area contributed by atoms with Gasteiger partial charge >= 0.3 is 0 Å². The summed E-state index contributed by atoms with van der Waals surface area (Å²) < 4.78 is 0. The number of carbonyl (C=O) groups is 1. The second-order valence-corrected chi connectivity index (χ2v) is 7.55. The van der Waals surface area contributed by atoms with Crippen molar-refractivity contribution >= 4 is 16.9 Å². The van der Waals surface area contributed by atoms with E-state index in [0.717, 1.165) is 28.6 Å². The molecule has 5 heteroatoms. The topological polar surface area (TPSA) is 66.3 Å². The van der Waals surface area contributed by atoms with E-state index < -0.39 is 5.60 Å². The Morgan fingerprint density at radius 2 is 1.63 bits per heavy atom. The maximum absolute atomic E-state index is 12.7. The van der Waals surface area contributed by atoms with Gasteiger partial charge < -0.3 is 10.0 Å². The van der Waals surface area contributed by atoms with Gasteiger partial charge in [0.05, 0.1) is 16.6 Å². The fourth-order valence-electron chi connectivity index (χ4n) is 2.94. The average Bonchev–Trinajstić information content (AvgIpc) is 2.65. The molecule has 0 fully saturated rings. The van der Waals surface area contributed by atoms with Crippen molar-refractivity contribution in [2.45, 2.75) is 38.8 Å². The van der Waals surface area contributed by atoms with E-state index >= 15 is 0 Å². The standard InChI is InChI=1S/C22H25N3O2/c1-22(2,27)11-10-16-4-7-18(8-5-16)21(26)25(3)15-17-6-9-19-20(14-17)24-13-12-23-19/h4-9,12-14,27H,10-11,15H2,1-3H3. The number of hydrogen-bond donors (Lipinski definition) is 1. The summed E-state index contributed by atoms with van der Waals surface area (Å²) in [7, 11) is 1.80. The first-order valence-electron chi connectivity index (χ1n) is 9.08. The minimum atomic E-state index is -0.682. The predicted octanol–water partition coefficient (Wildman–Crippen LogP) is 3.61. The molecular formula is C22H25N3O2. The maximum atomic E-state index is 12.7. The summed E-state index contributed by atoms with van der Waals surface area (Å²) in [6, 6.07) is 13.5. The Kier molecular flexibility index (Phi) is 5.51. The lowest BCUT2D eigenvalue weighted by Crippen LogP contribution is -2.26. The van der Waals surface area contributed by atoms with Gasteiger partial charge in [-0.3, -0.25) is 14.8 Å². The van der Waals surface area contributed by atoms with Crippen LogP contribution in [-0.2, 0) is 13.0 Å². The lowest BCUT2D eigenvalue weighted by Gasteiger charge is -2.18. The number of aliphatic hydroxyl groups is 1. The lowest BCUT2D eigenvalue weighted by atomic mass is 9.98. The van der Waals surface area contributed by atoms with Crippen LogP contribution in [0.15, 0.2) is 54.9 Å². The van der Waals surface area contributed by atoms with Gasteiger partial charge in [-0.15, -0.1) is 0 Å². The van der Waals surface area contributed by atoms with Crippen LogP contribution < -0.4 is 0 Å². The maximum Gasteiger partial charge on any atom is 0.253 e. The Morgan fingerprint density at radius 1 is 1.00 bits per heavy atom. The van der Waals surface area contributed by atoms with Crippen LogP contribution in [0.4, 0.5) is 0 Å². The molecule has 140 valence electrons. The van der Waals surface area contributed by atoms with Gasteiger partial charge in [0.2, 0.25) is 0 Å². The fraction of sp³-hybridized carbons (Fsp3) is 0.318. The molecule has 1 N–H and O–H groups in total. The van der Waals surface area contributed by atoms with Crippen molar-refractivity contribution < 1.29 is 9.90 Å². The number of nitrogens with zero attached hydrogens (tertiary/aromatic N) is 3. The first kappa shape index (κ1) is 19.0. The van der Waals surface area contributed by atoms with Gasteiger partial charge in [-0.05, 0) is 62.1 Å². The SMILES string of the molecule is CN(Cc1ccc2nccnc2c1)C(=O)c1ccc(CCC(C)(C)O)cc1. The number of amides is 1. The smallest absolute Gasteiger partial charge is 0.253 e. The molecule has 0 spiro atoms. The quantitative estimate of drug-likeness (QED) is 0.727. The predicted molar refractivity (Wildman–Crippen MR) is 106 cm³/mol. The van der Waals surface area contributed by atoms with Crippen molar-refractivity contribution in [3.63, 3.8) is 0 Å². The van der Waals surface area contributed by atoms with Crippen LogP contribution >= 0.6 is 0 Å². The molecule has 3 rings (SSSR count). The third-order valence-electron chi connectivity index (χ3n) is 4.53. The number of aryl methyl sites for hydroxylation is 1. The molecule has 3 aromatic rings. The van der Waals surface area contributed by atoms with Crippen LogP contribution in [-0.4, -0.2) is 38.5 Å². The van der Waals surface area contributed by atoms with Gasteiger partial charge in [0.15, 0.2) is 0 Å². The van der Waals surface area contributed by atoms with Crippen LogP contribution in [0, 0.1) is 0 Å². The Morgan fingerprint density at radius 3 is 2.30 bits per heavy atom. The lowest BCUT2D eigenvalue weighted by molar-refractivity contribution is 0.0713. The van der Waals surface area contributed by atoms with E-state index in [4.69, 9.17) is 0 Å². The van der Waals surface area contributed by atoms with Crippen molar-refractivity contribution in [3.05, 3.63) is 71.5 Å². The highest BCUT2D eigenvalue weighted by atomic mass is 16.3. The molecule has 27 heavy (non-hydrogen) atoms. The van der Waals surface area contributed by atoms with Crippen LogP contribution in [0.5, 0.6) is 0 Å². The number of carbonyl (C=O) groups excluding carboxylic acids is 1. The number of aromatic nitrogens is 2. The zero-order valence-corrected chi connectivity index (χ0v) is 16.0. The molecule has 2 aromatic carbocycles. The molecule has 1 heterocycles. The summed E-state index contributed by atoms with van der Waals surface area (Å²) in [5, 5.41) is 9.83. The van der Waals surface area contributed by atoms with E-state index in [1.165, 1.54) is 0 Å². The van der Waals surface area contributed by atoms with Gasteiger partial charge in [-0.2, -0.15) is 0 Å². The molecule has 0 saturated carbocycles. The van der Waals surface area contributed by atoms with E-state index in [9.17, 15) is 9.90 Å². The highest BCUT2D eigenvalue weighted by Gasteiger charge is 2.14. The summed E-state index contributed by atoms with van der Waals surface area (Å²) in [5.41, 5.74) is 3.78. The largest absolute Gasteiger partial charge is 0.390 e. The molecule has 1 amide bonds. The zero-order valence-electron chi connectivity index (χ0n) is 16.0. The summed E-state index contributed by atoms with van der Waals surface area (Å²) in [4.78, 5) is 23.0. The van der Waals surface area contributed by atoms with E-state index in [-0.39, 0.29) is 5.91 Å². The summed E-state index contributed by atoms with van der Waals surface area (Å²) in [6.45, 7) is 4.11. The van der Waals surface area contributed by atoms with Crippen molar-refractivity contribution in [2.75, 3.05) is 7.05 Å². The van der Waals surface area contributed by atoms with E-state index in [1.54, 1.807) is 38.2 Å². The molecule has 0 aliphatic rings. The molecule has 0 aliphatic carbocycles. The third kappa shape index (κ3) is 5.11. The summed E-state index contributed by atoms with van der Waals surface area (Å²) >= 11 is 0. The van der Waals surface area contributed by atoms with Gasteiger partial charge in [0, 0.05) is 31.5 Å². The first-order chi connectivity index (χ1) is 12.8. The van der Waals surface area contributed by atoms with Crippen molar-refractivity contribution in [2.24, 2.45) is 0 Å². The van der Waals surface area contributed by atoms with Gasteiger partial charge in [0.25, 0.3) is 5.91 Å². The number of hydrogen-bond acceptors (Lipinski definition) is 4. The molecule has 5 nitrogen and oxygen atoms in total. The van der Waals surface area contributed by atoms with Crippen molar-refractivity contribution in [3.8, 4) is 0 Å². The number of fused-ring (bicyclic) bond motifs is 1. The van der Waals surface area contributed by atoms with Crippen LogP contribution in [0.3, 0.4) is 0 Å². The average molecular weight is 363 g/mol. The highest BCUT2D eigenvalue weighted by molar-refractivity contribution is 5.94. The first-order valence-corrected chi connectivity index (χ1v) is 9.08. The molecule has 1 aromatic heterocycles. The molecule has 0 aliphatic heterocycles. The van der Waals surface area contributed by atoms with Crippen LogP contribution in [0.25, 0.3) is 11.0 Å². The summed E-state index contributed by atoms with van der Waals surface area (Å²) in [6.07, 6.45) is 4.81. The Labute approximate surface area is 159 Å². The van der Waals surface area contributed by atoms with E-state index in [2.05, 4.69) is 9.97 Å². The Hall–Kier alpha value is -2.79. The molecular weight excluding hydrogens is 338 g/mol. The Balaban J connectivity index is 1.65. The van der Waals surface area contributed by atoms with E-state index in [0.29, 0.717) is 18.5 Å². The monoisotopic (exact) mass is 363 g/mol. The van der Waals surface area contributed by atoms with Gasteiger partial charge in [0.1, 0.15) is 0 Å². The van der Waals surface area contributed by atoms with Crippen LogP contribution in [0.1, 0.15) is 41.8 Å². The molecule has 0 radical (unpaired) electrons. The number of benzene rings is 2. The number of rotatable bonds is 6. The molecule has 0 saturated heterocycles. The second-order valence-electron chi connectivity index (χ2n) is 7.55.